The number of nitrogen functional groups attached to an aromatic ring is 1. The molecule has 4 nitrogen and oxygen atoms in total. The van der Waals surface area contributed by atoms with Crippen LogP contribution in [0, 0.1) is 6.92 Å². The summed E-state index contributed by atoms with van der Waals surface area (Å²) >= 11 is 0. The molecule has 0 atom stereocenters. The maximum Gasteiger partial charge on any atom is 0.228 e. The number of hydrogen-bond donors (Lipinski definition) is 2. The summed E-state index contributed by atoms with van der Waals surface area (Å²) in [5.41, 5.74) is 10.8. The van der Waals surface area contributed by atoms with Crippen LogP contribution in [0.5, 0.6) is 0 Å². The lowest BCUT2D eigenvalue weighted by molar-refractivity contribution is -0.115. The molecule has 4 heteroatoms. The first kappa shape index (κ1) is 10.8. The van der Waals surface area contributed by atoms with E-state index in [1.807, 2.05) is 31.2 Å². The number of nitrogens with one attached hydrogen (secondary N) is 1. The Balaban J connectivity index is 2.08. The summed E-state index contributed by atoms with van der Waals surface area (Å²) in [6.07, 6.45) is 2.22. The Bertz CT molecular complexity index is 649. The Kier molecular flexibility index (Phi) is 2.30. The van der Waals surface area contributed by atoms with Gasteiger partial charge in [-0.2, -0.15) is 0 Å². The van der Waals surface area contributed by atoms with Gasteiger partial charge in [-0.1, -0.05) is 6.07 Å². The first-order valence-electron chi connectivity index (χ1n) is 5.79. The molecule has 1 aliphatic rings. The normalized spacial score (nSPS) is 13.3. The van der Waals surface area contributed by atoms with Gasteiger partial charge < -0.3 is 11.1 Å². The van der Waals surface area contributed by atoms with Crippen molar-refractivity contribution in [3.05, 3.63) is 41.6 Å². The highest BCUT2D eigenvalue weighted by Gasteiger charge is 2.18. The number of benzene rings is 1. The van der Waals surface area contributed by atoms with Crippen molar-refractivity contribution in [3.63, 3.8) is 0 Å². The van der Waals surface area contributed by atoms with Gasteiger partial charge in [0.05, 0.1) is 6.42 Å². The molecule has 1 amide bonds. The molecule has 0 fully saturated rings. The number of nitrogens with zero attached hydrogens (tertiary/aromatic N) is 1. The molecule has 0 aliphatic carbocycles. The van der Waals surface area contributed by atoms with Gasteiger partial charge in [0, 0.05) is 17.4 Å². The number of amides is 1. The molecule has 1 aromatic carbocycles. The van der Waals surface area contributed by atoms with Crippen molar-refractivity contribution in [1.29, 1.82) is 0 Å². The molecule has 2 heterocycles. The van der Waals surface area contributed by atoms with Gasteiger partial charge in [0.2, 0.25) is 5.91 Å². The first-order valence-corrected chi connectivity index (χ1v) is 5.79. The maximum absolute atomic E-state index is 11.3. The van der Waals surface area contributed by atoms with E-state index in [1.54, 1.807) is 6.20 Å². The van der Waals surface area contributed by atoms with Crippen molar-refractivity contribution in [2.45, 2.75) is 13.3 Å². The summed E-state index contributed by atoms with van der Waals surface area (Å²) in [7, 11) is 0. The second kappa shape index (κ2) is 3.84. The predicted molar refractivity (Wildman–Crippen MR) is 71.2 cm³/mol. The van der Waals surface area contributed by atoms with Crippen LogP contribution in [0.3, 0.4) is 0 Å². The smallest absolute Gasteiger partial charge is 0.228 e. The summed E-state index contributed by atoms with van der Waals surface area (Å²) in [5.74, 6) is 0.573. The molecular weight excluding hydrogens is 226 g/mol. The van der Waals surface area contributed by atoms with E-state index in [9.17, 15) is 4.79 Å². The number of carbonyl (C=O) groups excluding carboxylic acids is 1. The van der Waals surface area contributed by atoms with Crippen molar-refractivity contribution in [2.24, 2.45) is 0 Å². The summed E-state index contributed by atoms with van der Waals surface area (Å²) < 4.78 is 0. The van der Waals surface area contributed by atoms with E-state index in [0.717, 1.165) is 27.9 Å². The molecule has 1 aromatic heterocycles. The van der Waals surface area contributed by atoms with Crippen molar-refractivity contribution in [1.82, 2.24) is 4.98 Å². The fraction of sp³-hybridized carbons (Fsp3) is 0.143. The predicted octanol–water partition coefficient (Wildman–Crippen LogP) is 2.13. The molecule has 0 unspecified atom stereocenters. The lowest BCUT2D eigenvalue weighted by Gasteiger charge is -2.08. The Labute approximate surface area is 105 Å². The Morgan fingerprint density at radius 3 is 2.94 bits per heavy atom. The van der Waals surface area contributed by atoms with Gasteiger partial charge >= 0.3 is 0 Å². The number of pyridine rings is 1. The van der Waals surface area contributed by atoms with Gasteiger partial charge in [0.25, 0.3) is 0 Å². The molecule has 0 spiro atoms. The molecule has 18 heavy (non-hydrogen) atoms. The van der Waals surface area contributed by atoms with Crippen molar-refractivity contribution in [2.75, 3.05) is 11.1 Å². The minimum absolute atomic E-state index is 0.0503. The minimum Gasteiger partial charge on any atom is -0.384 e. The number of nitrogens with two attached hydrogens (primary N) is 1. The molecule has 1 aliphatic heterocycles. The standard InChI is InChI=1S/C14H13N3O/c1-8-4-13(15)16-7-11(8)9-2-3-12-10(5-9)6-14(18)17-12/h2-5,7H,6H2,1H3,(H2,15,16)(H,17,18). The van der Waals surface area contributed by atoms with Gasteiger partial charge in [0.15, 0.2) is 0 Å². The third kappa shape index (κ3) is 1.72. The largest absolute Gasteiger partial charge is 0.384 e. The van der Waals surface area contributed by atoms with Crippen LogP contribution in [0.2, 0.25) is 0 Å². The van der Waals surface area contributed by atoms with E-state index in [4.69, 9.17) is 5.73 Å². The second-order valence-corrected chi connectivity index (χ2v) is 4.52. The average Bonchev–Trinajstić information content (AvgIpc) is 2.68. The van der Waals surface area contributed by atoms with Gasteiger partial charge in [-0.15, -0.1) is 0 Å². The van der Waals surface area contributed by atoms with Crippen LogP contribution in [0.25, 0.3) is 11.1 Å². The summed E-state index contributed by atoms with van der Waals surface area (Å²) in [5, 5.41) is 2.83. The molecule has 90 valence electrons. The van der Waals surface area contributed by atoms with Crippen molar-refractivity contribution < 1.29 is 4.79 Å². The second-order valence-electron chi connectivity index (χ2n) is 4.52. The number of anilines is 2. The zero-order valence-corrected chi connectivity index (χ0v) is 10.0. The molecule has 0 saturated heterocycles. The van der Waals surface area contributed by atoms with E-state index in [2.05, 4.69) is 10.3 Å². The van der Waals surface area contributed by atoms with Crippen molar-refractivity contribution >= 4 is 17.4 Å². The van der Waals surface area contributed by atoms with Gasteiger partial charge in [0.1, 0.15) is 5.82 Å². The molecule has 2 aromatic rings. The number of aryl methyl sites for hydroxylation is 1. The van der Waals surface area contributed by atoms with Crippen LogP contribution in [-0.2, 0) is 11.2 Å². The summed E-state index contributed by atoms with van der Waals surface area (Å²) in [4.78, 5) is 15.4. The van der Waals surface area contributed by atoms with Gasteiger partial charge in [-0.25, -0.2) is 4.98 Å². The fourth-order valence-electron chi connectivity index (χ4n) is 2.28. The molecule has 0 saturated carbocycles. The molecular formula is C14H13N3O. The molecule has 3 rings (SSSR count). The van der Waals surface area contributed by atoms with E-state index < -0.39 is 0 Å². The van der Waals surface area contributed by atoms with Crippen LogP contribution in [-0.4, -0.2) is 10.9 Å². The number of fused-ring (bicyclic) bond motifs is 1. The number of rotatable bonds is 1. The highest BCUT2D eigenvalue weighted by Crippen LogP contribution is 2.30. The zero-order valence-electron chi connectivity index (χ0n) is 10.0. The lowest BCUT2D eigenvalue weighted by atomic mass is 10.00. The van der Waals surface area contributed by atoms with Crippen LogP contribution in [0.1, 0.15) is 11.1 Å². The van der Waals surface area contributed by atoms with E-state index in [-0.39, 0.29) is 5.91 Å². The van der Waals surface area contributed by atoms with Crippen molar-refractivity contribution in [3.8, 4) is 11.1 Å². The summed E-state index contributed by atoms with van der Waals surface area (Å²) in [6, 6.07) is 7.81. The third-order valence-corrected chi connectivity index (χ3v) is 3.17. The Morgan fingerprint density at radius 1 is 1.33 bits per heavy atom. The monoisotopic (exact) mass is 239 g/mol. The maximum atomic E-state index is 11.3. The van der Waals surface area contributed by atoms with Crippen LogP contribution in [0.15, 0.2) is 30.5 Å². The zero-order chi connectivity index (χ0) is 12.7. The number of aromatic nitrogens is 1. The van der Waals surface area contributed by atoms with Gasteiger partial charge in [-0.05, 0) is 41.8 Å². The highest BCUT2D eigenvalue weighted by molar-refractivity contribution is 5.99. The SMILES string of the molecule is Cc1cc(N)ncc1-c1ccc2c(c1)CC(=O)N2. The fourth-order valence-corrected chi connectivity index (χ4v) is 2.28. The number of carbonyl (C=O) groups is 1. The number of hydrogen-bond acceptors (Lipinski definition) is 3. The van der Waals surface area contributed by atoms with Gasteiger partial charge in [-0.3, -0.25) is 4.79 Å². The summed E-state index contributed by atoms with van der Waals surface area (Å²) in [6.45, 7) is 2.00. The topological polar surface area (TPSA) is 68.0 Å². The van der Waals surface area contributed by atoms with E-state index in [1.165, 1.54) is 0 Å². The average molecular weight is 239 g/mol. The van der Waals surface area contributed by atoms with E-state index in [0.29, 0.717) is 12.2 Å². The first-order chi connectivity index (χ1) is 8.63. The Hall–Kier alpha value is -2.36. The third-order valence-electron chi connectivity index (χ3n) is 3.17. The van der Waals surface area contributed by atoms with Crippen LogP contribution in [0.4, 0.5) is 11.5 Å². The quantitative estimate of drug-likeness (QED) is 0.801. The highest BCUT2D eigenvalue weighted by atomic mass is 16.1. The van der Waals surface area contributed by atoms with Crippen LogP contribution >= 0.6 is 0 Å². The van der Waals surface area contributed by atoms with Crippen LogP contribution < -0.4 is 11.1 Å². The molecule has 3 N–H and O–H groups in total. The molecule has 0 bridgehead atoms. The Morgan fingerprint density at radius 2 is 2.17 bits per heavy atom. The minimum atomic E-state index is 0.0503. The van der Waals surface area contributed by atoms with E-state index >= 15 is 0 Å². The lowest BCUT2D eigenvalue weighted by Crippen LogP contribution is -2.03. The molecule has 0 radical (unpaired) electrons.